The molecule has 0 nitrogen and oxygen atoms in total. The van der Waals surface area contributed by atoms with E-state index < -0.39 is 21.2 Å². The fourth-order valence-corrected chi connectivity index (χ4v) is 22.4. The van der Waals surface area contributed by atoms with E-state index in [1.807, 2.05) is 0 Å². The molecular weight excluding hydrogens is 544 g/mol. The van der Waals surface area contributed by atoms with E-state index in [0.717, 1.165) is 3.98 Å². The fourth-order valence-electron chi connectivity index (χ4n) is 4.22. The number of hydrogen-bond acceptors (Lipinski definition) is 0. The molecule has 0 unspecified atom stereocenters. The molecule has 0 radical (unpaired) electrons. The van der Waals surface area contributed by atoms with Gasteiger partial charge in [0.1, 0.15) is 0 Å². The molecule has 0 aliphatic rings. The molecule has 29 heavy (non-hydrogen) atoms. The number of rotatable bonds is 5. The van der Waals surface area contributed by atoms with E-state index in [1.54, 1.807) is 9.37 Å². The summed E-state index contributed by atoms with van der Waals surface area (Å²) in [6.45, 7) is 6.53. The van der Waals surface area contributed by atoms with Crippen molar-refractivity contribution in [3.63, 3.8) is 0 Å². The summed E-state index contributed by atoms with van der Waals surface area (Å²) in [5.41, 5.74) is 5.41. The Morgan fingerprint density at radius 2 is 0.793 bits per heavy atom. The molecule has 1 heteroatoms. The van der Waals surface area contributed by atoms with Gasteiger partial charge in [-0.2, -0.15) is 0 Å². The van der Waals surface area contributed by atoms with E-state index in [9.17, 15) is 0 Å². The molecule has 4 rings (SSSR count). The third-order valence-electron chi connectivity index (χ3n) is 5.95. The molecule has 0 bridgehead atoms. The summed E-state index contributed by atoms with van der Waals surface area (Å²) < 4.78 is 5.81. The van der Waals surface area contributed by atoms with E-state index in [4.69, 9.17) is 0 Å². The van der Waals surface area contributed by atoms with Crippen LogP contribution in [0.25, 0.3) is 0 Å². The Balaban J connectivity index is 2.01. The summed E-state index contributed by atoms with van der Waals surface area (Å²) in [4.78, 5) is 0. The molecule has 0 spiro atoms. The second-order valence-electron chi connectivity index (χ2n) is 8.17. The molecule has 0 aliphatic carbocycles. The van der Waals surface area contributed by atoms with Gasteiger partial charge in [0, 0.05) is 0 Å². The summed E-state index contributed by atoms with van der Waals surface area (Å²) in [5, 5.41) is 0. The monoisotopic (exact) mass is 572 g/mol. The van der Waals surface area contributed by atoms with Crippen LogP contribution in [0.4, 0.5) is 0 Å². The van der Waals surface area contributed by atoms with Gasteiger partial charge in [0.25, 0.3) is 0 Å². The van der Waals surface area contributed by atoms with Crippen molar-refractivity contribution in [3.05, 3.63) is 125 Å². The first-order chi connectivity index (χ1) is 14.1. The van der Waals surface area contributed by atoms with Crippen LogP contribution in [0.3, 0.4) is 0 Å². The Bertz CT molecular complexity index is 949. The van der Waals surface area contributed by atoms with Crippen LogP contribution >= 0.6 is 0 Å². The number of aryl methyl sites for hydroxylation is 3. The molecule has 144 valence electrons. The van der Waals surface area contributed by atoms with Crippen molar-refractivity contribution < 1.29 is 0 Å². The van der Waals surface area contributed by atoms with Crippen molar-refractivity contribution in [1.82, 2.24) is 0 Å². The zero-order chi connectivity index (χ0) is 20.3. The van der Waals surface area contributed by atoms with Gasteiger partial charge in [-0.05, 0) is 0 Å². The summed E-state index contributed by atoms with van der Waals surface area (Å²) in [6.07, 6.45) is 0. The molecule has 0 N–H and O–H groups in total. The summed E-state index contributed by atoms with van der Waals surface area (Å²) in [7, 11) is 0. The Labute approximate surface area is 179 Å². The molecule has 0 saturated carbocycles. The molecule has 0 amide bonds. The predicted octanol–water partition coefficient (Wildman–Crippen LogP) is 4.86. The van der Waals surface area contributed by atoms with Gasteiger partial charge in [-0.25, -0.2) is 0 Å². The molecule has 0 aromatic heterocycles. The zero-order valence-corrected chi connectivity index (χ0v) is 21.4. The molecule has 0 atom stereocenters. The quantitative estimate of drug-likeness (QED) is 0.300. The van der Waals surface area contributed by atoms with Crippen LogP contribution in [0.1, 0.15) is 22.3 Å². The Morgan fingerprint density at radius 3 is 1.14 bits per heavy atom. The SMILES string of the molecule is Cc1cc[c]([Pb]([CH2]c2ccccc2)([c]2ccc(C)cc2)[c]2ccc(C)cc2)cc1. The third-order valence-corrected chi connectivity index (χ3v) is 25.0. The molecule has 0 fully saturated rings. The number of benzene rings is 4. The summed E-state index contributed by atoms with van der Waals surface area (Å²) >= 11 is -3.43. The van der Waals surface area contributed by atoms with Crippen molar-refractivity contribution >= 4 is 30.5 Å². The minimum absolute atomic E-state index is 1.14. The van der Waals surface area contributed by atoms with Gasteiger partial charge in [0.05, 0.1) is 0 Å². The molecular formula is C28H28Pb. The summed E-state index contributed by atoms with van der Waals surface area (Å²) in [6, 6.07) is 39.2. The van der Waals surface area contributed by atoms with E-state index in [-0.39, 0.29) is 0 Å². The molecule has 4 aromatic rings. The van der Waals surface area contributed by atoms with Crippen LogP contribution in [0.5, 0.6) is 0 Å². The van der Waals surface area contributed by atoms with Gasteiger partial charge >= 0.3 is 181 Å². The molecule has 4 aromatic carbocycles. The van der Waals surface area contributed by atoms with Gasteiger partial charge in [-0.1, -0.05) is 0 Å². The van der Waals surface area contributed by atoms with Crippen LogP contribution in [0.15, 0.2) is 103 Å². The summed E-state index contributed by atoms with van der Waals surface area (Å²) in [5.74, 6) is 0. The maximum atomic E-state index is 2.40. The van der Waals surface area contributed by atoms with Crippen LogP contribution in [0.2, 0.25) is 0 Å². The maximum absolute atomic E-state index is 3.43. The van der Waals surface area contributed by atoms with E-state index >= 15 is 0 Å². The van der Waals surface area contributed by atoms with Gasteiger partial charge in [-0.3, -0.25) is 0 Å². The van der Waals surface area contributed by atoms with Crippen molar-refractivity contribution in [2.24, 2.45) is 0 Å². The minimum atomic E-state index is -3.43. The van der Waals surface area contributed by atoms with Crippen molar-refractivity contribution in [3.8, 4) is 0 Å². The Morgan fingerprint density at radius 1 is 0.448 bits per heavy atom. The second kappa shape index (κ2) is 8.66. The molecule has 0 heterocycles. The topological polar surface area (TPSA) is 0 Å². The first-order valence-electron chi connectivity index (χ1n) is 10.3. The average Bonchev–Trinajstić information content (AvgIpc) is 2.75. The first kappa shape index (κ1) is 20.1. The number of hydrogen-bond donors (Lipinski definition) is 0. The van der Waals surface area contributed by atoms with Crippen LogP contribution in [0, 0.1) is 20.8 Å². The van der Waals surface area contributed by atoms with Crippen LogP contribution in [-0.2, 0) is 3.98 Å². The second-order valence-corrected chi connectivity index (χ2v) is 23.3. The van der Waals surface area contributed by atoms with Gasteiger partial charge in [-0.15, -0.1) is 0 Å². The van der Waals surface area contributed by atoms with E-state index in [1.165, 1.54) is 22.3 Å². The van der Waals surface area contributed by atoms with Gasteiger partial charge in [0.15, 0.2) is 0 Å². The van der Waals surface area contributed by atoms with Crippen molar-refractivity contribution in [1.29, 1.82) is 0 Å². The van der Waals surface area contributed by atoms with Crippen molar-refractivity contribution in [2.75, 3.05) is 0 Å². The van der Waals surface area contributed by atoms with Crippen LogP contribution in [-0.4, -0.2) is 21.2 Å². The zero-order valence-electron chi connectivity index (χ0n) is 17.5. The predicted molar refractivity (Wildman–Crippen MR) is 128 cm³/mol. The van der Waals surface area contributed by atoms with E-state index in [2.05, 4.69) is 124 Å². The first-order valence-corrected chi connectivity index (χ1v) is 18.9. The fraction of sp³-hybridized carbons (Fsp3) is 0.143. The third kappa shape index (κ3) is 4.23. The van der Waals surface area contributed by atoms with Gasteiger partial charge < -0.3 is 0 Å². The average molecular weight is 572 g/mol. The van der Waals surface area contributed by atoms with E-state index in [0.29, 0.717) is 0 Å². The standard InChI is InChI=1S/4C7H7.Pb/c4*1-7-5-3-2-4-6-7;/h3*3-6H,1H3;2-6H,1H2;. The Kier molecular flexibility index (Phi) is 6.00. The Hall–Kier alpha value is -2.20. The molecule has 0 saturated heterocycles. The molecule has 0 aliphatic heterocycles. The van der Waals surface area contributed by atoms with Crippen molar-refractivity contribution in [2.45, 2.75) is 24.8 Å². The van der Waals surface area contributed by atoms with Gasteiger partial charge in [0.2, 0.25) is 0 Å². The normalized spacial score (nSPS) is 11.4. The van der Waals surface area contributed by atoms with Crippen LogP contribution < -0.4 is 9.37 Å².